The van der Waals surface area contributed by atoms with Crippen LogP contribution in [0.15, 0.2) is 18.2 Å². The first-order chi connectivity index (χ1) is 12.4. The molecule has 7 nitrogen and oxygen atoms in total. The van der Waals surface area contributed by atoms with Gasteiger partial charge in [0.2, 0.25) is 5.91 Å². The summed E-state index contributed by atoms with van der Waals surface area (Å²) in [6, 6.07) is 4.95. The number of hydrogen-bond acceptors (Lipinski definition) is 4. The fourth-order valence-corrected chi connectivity index (χ4v) is 3.91. The van der Waals surface area contributed by atoms with Gasteiger partial charge in [-0.25, -0.2) is 4.79 Å². The molecule has 1 atom stereocenters. The van der Waals surface area contributed by atoms with E-state index in [4.69, 9.17) is 16.3 Å². The van der Waals surface area contributed by atoms with Gasteiger partial charge < -0.3 is 20.3 Å². The summed E-state index contributed by atoms with van der Waals surface area (Å²) in [5, 5.41) is 6.37. The summed E-state index contributed by atoms with van der Waals surface area (Å²) in [5.74, 6) is 0.649. The van der Waals surface area contributed by atoms with Crippen LogP contribution in [0.5, 0.6) is 5.75 Å². The summed E-state index contributed by atoms with van der Waals surface area (Å²) < 4.78 is 5.30. The Hall–Kier alpha value is -1.99. The van der Waals surface area contributed by atoms with Crippen LogP contribution in [0.25, 0.3) is 0 Å². The molecule has 8 heteroatoms. The molecule has 2 saturated heterocycles. The van der Waals surface area contributed by atoms with Crippen LogP contribution in [0, 0.1) is 0 Å². The van der Waals surface area contributed by atoms with E-state index >= 15 is 0 Å². The molecule has 142 valence electrons. The van der Waals surface area contributed by atoms with E-state index in [0.717, 1.165) is 19.4 Å². The van der Waals surface area contributed by atoms with Crippen LogP contribution in [0.2, 0.25) is 5.02 Å². The zero-order chi connectivity index (χ0) is 18.7. The summed E-state index contributed by atoms with van der Waals surface area (Å²) in [5.41, 5.74) is 0.378. The molecule has 2 N–H and O–H groups in total. The van der Waals surface area contributed by atoms with Gasteiger partial charge in [-0.05, 0) is 38.1 Å². The predicted molar refractivity (Wildman–Crippen MR) is 101 cm³/mol. The molecule has 0 radical (unpaired) electrons. The average molecular weight is 381 g/mol. The van der Waals surface area contributed by atoms with Crippen LogP contribution in [0.1, 0.15) is 19.3 Å². The van der Waals surface area contributed by atoms with Gasteiger partial charge in [0.05, 0.1) is 12.8 Å². The van der Waals surface area contributed by atoms with Crippen LogP contribution >= 0.6 is 11.6 Å². The van der Waals surface area contributed by atoms with Crippen molar-refractivity contribution in [3.8, 4) is 5.75 Å². The third-order valence-electron chi connectivity index (χ3n) is 5.42. The molecule has 0 aliphatic carbocycles. The van der Waals surface area contributed by atoms with Crippen molar-refractivity contribution in [2.45, 2.75) is 24.8 Å². The zero-order valence-corrected chi connectivity index (χ0v) is 15.9. The Morgan fingerprint density at radius 2 is 2.15 bits per heavy atom. The standard InChI is InChI=1S/C18H25ClN4O3/c1-22-9-10-23(12-18(22)6-5-16(24)20-8-7-18)17(25)21-14-11-13(19)3-4-15(14)26-2/h3-4,11H,5-10,12H2,1-2H3,(H,20,24)(H,21,25). The smallest absolute Gasteiger partial charge is 0.322 e. The van der Waals surface area contributed by atoms with Gasteiger partial charge in [-0.3, -0.25) is 9.69 Å². The first kappa shape index (κ1) is 18.8. The lowest BCUT2D eigenvalue weighted by molar-refractivity contribution is -0.121. The van der Waals surface area contributed by atoms with Crippen molar-refractivity contribution in [2.75, 3.05) is 45.7 Å². The molecule has 2 heterocycles. The van der Waals surface area contributed by atoms with Gasteiger partial charge in [0, 0.05) is 43.2 Å². The number of hydrogen-bond donors (Lipinski definition) is 2. The number of rotatable bonds is 2. The molecule has 0 aromatic heterocycles. The number of nitrogens with zero attached hydrogens (tertiary/aromatic N) is 2. The van der Waals surface area contributed by atoms with Crippen molar-refractivity contribution in [1.82, 2.24) is 15.1 Å². The van der Waals surface area contributed by atoms with Crippen molar-refractivity contribution in [1.29, 1.82) is 0 Å². The first-order valence-corrected chi connectivity index (χ1v) is 9.19. The maximum atomic E-state index is 12.8. The number of nitrogens with one attached hydrogen (secondary N) is 2. The Kier molecular flexibility index (Phi) is 5.58. The Bertz CT molecular complexity index is 699. The van der Waals surface area contributed by atoms with Gasteiger partial charge in [0.25, 0.3) is 0 Å². The van der Waals surface area contributed by atoms with Gasteiger partial charge in [-0.2, -0.15) is 0 Å². The third kappa shape index (κ3) is 3.88. The van der Waals surface area contributed by atoms with Crippen LogP contribution in [-0.2, 0) is 4.79 Å². The number of piperazine rings is 1. The number of amides is 3. The summed E-state index contributed by atoms with van der Waals surface area (Å²) in [6.45, 7) is 2.64. The second-order valence-electron chi connectivity index (χ2n) is 6.94. The maximum absolute atomic E-state index is 12.8. The fraction of sp³-hybridized carbons (Fsp3) is 0.556. The highest BCUT2D eigenvalue weighted by molar-refractivity contribution is 6.31. The van der Waals surface area contributed by atoms with Crippen molar-refractivity contribution >= 4 is 29.2 Å². The molecule has 2 fully saturated rings. The summed E-state index contributed by atoms with van der Waals surface area (Å²) in [4.78, 5) is 28.7. The quantitative estimate of drug-likeness (QED) is 0.824. The number of carbonyl (C=O) groups excluding carboxylic acids is 2. The lowest BCUT2D eigenvalue weighted by atomic mass is 9.86. The lowest BCUT2D eigenvalue weighted by Gasteiger charge is -2.49. The number of anilines is 1. The van der Waals surface area contributed by atoms with Crippen molar-refractivity contribution < 1.29 is 14.3 Å². The largest absolute Gasteiger partial charge is 0.495 e. The van der Waals surface area contributed by atoms with Gasteiger partial charge in [-0.1, -0.05) is 11.6 Å². The number of carbonyl (C=O) groups is 2. The van der Waals surface area contributed by atoms with E-state index in [9.17, 15) is 9.59 Å². The molecule has 1 unspecified atom stereocenters. The fourth-order valence-electron chi connectivity index (χ4n) is 3.74. The highest BCUT2D eigenvalue weighted by Gasteiger charge is 2.42. The molecular weight excluding hydrogens is 356 g/mol. The maximum Gasteiger partial charge on any atom is 0.322 e. The summed E-state index contributed by atoms with van der Waals surface area (Å²) in [7, 11) is 3.63. The number of benzene rings is 1. The van der Waals surface area contributed by atoms with E-state index in [2.05, 4.69) is 22.6 Å². The Morgan fingerprint density at radius 3 is 2.92 bits per heavy atom. The van der Waals surface area contributed by atoms with Gasteiger partial charge >= 0.3 is 6.03 Å². The minimum Gasteiger partial charge on any atom is -0.495 e. The number of methoxy groups -OCH3 is 1. The lowest BCUT2D eigenvalue weighted by Crippen LogP contribution is -2.62. The topological polar surface area (TPSA) is 73.9 Å². The summed E-state index contributed by atoms with van der Waals surface area (Å²) >= 11 is 6.04. The van der Waals surface area contributed by atoms with E-state index in [-0.39, 0.29) is 17.5 Å². The minimum atomic E-state index is -0.179. The predicted octanol–water partition coefficient (Wildman–Crippen LogP) is 2.17. The molecule has 0 saturated carbocycles. The van der Waals surface area contributed by atoms with Crippen molar-refractivity contribution in [3.63, 3.8) is 0 Å². The number of ether oxygens (including phenoxy) is 1. The molecule has 3 amide bonds. The molecular formula is C18H25ClN4O3. The van der Waals surface area contributed by atoms with E-state index in [0.29, 0.717) is 42.5 Å². The highest BCUT2D eigenvalue weighted by atomic mass is 35.5. The molecule has 2 aliphatic heterocycles. The second-order valence-corrected chi connectivity index (χ2v) is 7.38. The molecule has 2 aliphatic rings. The zero-order valence-electron chi connectivity index (χ0n) is 15.2. The van der Waals surface area contributed by atoms with E-state index in [1.54, 1.807) is 25.3 Å². The second kappa shape index (κ2) is 7.72. The third-order valence-corrected chi connectivity index (χ3v) is 5.66. The van der Waals surface area contributed by atoms with Gasteiger partial charge in [0.15, 0.2) is 0 Å². The van der Waals surface area contributed by atoms with Crippen LogP contribution in [-0.4, -0.2) is 67.6 Å². The van der Waals surface area contributed by atoms with Crippen LogP contribution < -0.4 is 15.4 Å². The van der Waals surface area contributed by atoms with Gasteiger partial charge in [-0.15, -0.1) is 0 Å². The SMILES string of the molecule is COc1ccc(Cl)cc1NC(=O)N1CCN(C)C2(CCNC(=O)CC2)C1. The Morgan fingerprint density at radius 1 is 1.35 bits per heavy atom. The Labute approximate surface area is 158 Å². The van der Waals surface area contributed by atoms with E-state index < -0.39 is 0 Å². The minimum absolute atomic E-state index is 0.0838. The average Bonchev–Trinajstić information content (AvgIpc) is 2.80. The van der Waals surface area contributed by atoms with Crippen molar-refractivity contribution in [3.05, 3.63) is 23.2 Å². The van der Waals surface area contributed by atoms with E-state index in [1.165, 1.54) is 0 Å². The summed E-state index contributed by atoms with van der Waals surface area (Å²) in [6.07, 6.45) is 2.07. The van der Waals surface area contributed by atoms with Crippen LogP contribution in [0.4, 0.5) is 10.5 Å². The van der Waals surface area contributed by atoms with Crippen molar-refractivity contribution in [2.24, 2.45) is 0 Å². The highest BCUT2D eigenvalue weighted by Crippen LogP contribution is 2.32. The monoisotopic (exact) mass is 380 g/mol. The van der Waals surface area contributed by atoms with E-state index in [1.807, 2.05) is 4.90 Å². The van der Waals surface area contributed by atoms with Gasteiger partial charge in [0.1, 0.15) is 5.75 Å². The molecule has 0 bridgehead atoms. The molecule has 1 aromatic carbocycles. The van der Waals surface area contributed by atoms with Crippen LogP contribution in [0.3, 0.4) is 0 Å². The first-order valence-electron chi connectivity index (χ1n) is 8.81. The molecule has 1 aromatic rings. The number of halogens is 1. The number of likely N-dealkylation sites (N-methyl/N-ethyl adjacent to an activating group) is 1. The normalized spacial score (nSPS) is 24.1. The molecule has 3 rings (SSSR count). The number of urea groups is 1. The molecule has 1 spiro atoms. The molecule has 26 heavy (non-hydrogen) atoms. The Balaban J connectivity index is 1.74.